The van der Waals surface area contributed by atoms with Crippen molar-refractivity contribution in [3.63, 3.8) is 0 Å². The Hall–Kier alpha value is -2.76. The zero-order valence-electron chi connectivity index (χ0n) is 18.1. The molecule has 0 bridgehead atoms. The molecule has 1 aromatic carbocycles. The number of fused-ring (bicyclic) bond motifs is 1. The average Bonchev–Trinajstić information content (AvgIpc) is 2.99. The molecule has 0 atom stereocenters. The molecule has 156 valence electrons. The lowest BCUT2D eigenvalue weighted by Crippen LogP contribution is -2.39. The van der Waals surface area contributed by atoms with Gasteiger partial charge >= 0.3 is 12.2 Å². The molecule has 29 heavy (non-hydrogen) atoms. The molecule has 1 aromatic heterocycles. The molecule has 2 heterocycles. The van der Waals surface area contributed by atoms with E-state index in [0.29, 0.717) is 13.1 Å². The minimum absolute atomic E-state index is 0.320. The van der Waals surface area contributed by atoms with Gasteiger partial charge in [-0.05, 0) is 59.6 Å². The summed E-state index contributed by atoms with van der Waals surface area (Å²) in [7, 11) is 0. The second-order valence-electron chi connectivity index (χ2n) is 9.33. The van der Waals surface area contributed by atoms with Gasteiger partial charge in [0, 0.05) is 30.2 Å². The molecule has 0 spiro atoms. The van der Waals surface area contributed by atoms with E-state index in [9.17, 15) is 9.59 Å². The van der Waals surface area contributed by atoms with E-state index in [4.69, 9.17) is 9.47 Å². The quantitative estimate of drug-likeness (QED) is 0.641. The summed E-state index contributed by atoms with van der Waals surface area (Å²) in [5.41, 5.74) is 1.60. The number of aromatic nitrogens is 1. The van der Waals surface area contributed by atoms with Crippen LogP contribution in [0.25, 0.3) is 16.5 Å². The summed E-state index contributed by atoms with van der Waals surface area (Å²) >= 11 is 0. The first-order chi connectivity index (χ1) is 13.4. The van der Waals surface area contributed by atoms with Crippen molar-refractivity contribution in [2.45, 2.75) is 59.2 Å². The van der Waals surface area contributed by atoms with Gasteiger partial charge in [0.05, 0.1) is 5.52 Å². The molecule has 0 fully saturated rings. The third kappa shape index (κ3) is 5.00. The highest BCUT2D eigenvalue weighted by Gasteiger charge is 2.27. The highest BCUT2D eigenvalue weighted by molar-refractivity contribution is 5.98. The highest BCUT2D eigenvalue weighted by atomic mass is 16.6. The molecule has 0 aliphatic carbocycles. The van der Waals surface area contributed by atoms with E-state index >= 15 is 0 Å². The van der Waals surface area contributed by atoms with Crippen LogP contribution in [-0.4, -0.2) is 45.9 Å². The summed E-state index contributed by atoms with van der Waals surface area (Å²) in [6.45, 7) is 12.2. The maximum Gasteiger partial charge on any atom is 0.419 e. The third-order valence-electron chi connectivity index (χ3n) is 4.45. The molecule has 3 rings (SSSR count). The molecular formula is C23H30N2O4. The van der Waals surface area contributed by atoms with Crippen molar-refractivity contribution in [2.75, 3.05) is 13.1 Å². The molecule has 0 saturated carbocycles. The molecule has 6 heteroatoms. The summed E-state index contributed by atoms with van der Waals surface area (Å²) in [5.74, 6) is 0. The maximum absolute atomic E-state index is 12.7. The molecule has 2 aromatic rings. The molecule has 6 nitrogen and oxygen atoms in total. The lowest BCUT2D eigenvalue weighted by atomic mass is 10.0. The second kappa shape index (κ2) is 7.58. The lowest BCUT2D eigenvalue weighted by molar-refractivity contribution is 0.0272. The topological polar surface area (TPSA) is 60.8 Å². The van der Waals surface area contributed by atoms with E-state index in [1.54, 1.807) is 9.47 Å². The van der Waals surface area contributed by atoms with E-state index in [1.807, 2.05) is 72.0 Å². The van der Waals surface area contributed by atoms with E-state index < -0.39 is 17.3 Å². The smallest absolute Gasteiger partial charge is 0.419 e. The largest absolute Gasteiger partial charge is 0.444 e. The van der Waals surface area contributed by atoms with Gasteiger partial charge in [-0.15, -0.1) is 0 Å². The number of carbonyl (C=O) groups is 2. The van der Waals surface area contributed by atoms with Gasteiger partial charge in [-0.3, -0.25) is 4.57 Å². The summed E-state index contributed by atoms with van der Waals surface area (Å²) in [5, 5.41) is 0.954. The van der Waals surface area contributed by atoms with Crippen molar-refractivity contribution in [1.29, 1.82) is 0 Å². The summed E-state index contributed by atoms with van der Waals surface area (Å²) in [6, 6.07) is 7.73. The Balaban J connectivity index is 1.93. The fourth-order valence-corrected chi connectivity index (χ4v) is 3.32. The van der Waals surface area contributed by atoms with Gasteiger partial charge in [-0.1, -0.05) is 24.3 Å². The normalized spacial score (nSPS) is 15.2. The predicted molar refractivity (Wildman–Crippen MR) is 114 cm³/mol. The van der Waals surface area contributed by atoms with Crippen LogP contribution in [0, 0.1) is 0 Å². The fraction of sp³-hybridized carbons (Fsp3) is 0.478. The Bertz CT molecular complexity index is 957. The van der Waals surface area contributed by atoms with Crippen LogP contribution >= 0.6 is 0 Å². The van der Waals surface area contributed by atoms with Gasteiger partial charge in [0.1, 0.15) is 11.2 Å². The molecule has 1 aliphatic rings. The maximum atomic E-state index is 12.7. The molecule has 0 radical (unpaired) electrons. The first kappa shape index (κ1) is 21.0. The van der Waals surface area contributed by atoms with Crippen LogP contribution in [0.2, 0.25) is 0 Å². The Morgan fingerprint density at radius 1 is 0.931 bits per heavy atom. The zero-order valence-corrected chi connectivity index (χ0v) is 18.1. The minimum atomic E-state index is -0.583. The Morgan fingerprint density at radius 3 is 2.21 bits per heavy atom. The number of hydrogen-bond donors (Lipinski definition) is 0. The predicted octanol–water partition coefficient (Wildman–Crippen LogP) is 5.45. The van der Waals surface area contributed by atoms with Crippen LogP contribution in [0.1, 0.15) is 53.5 Å². The first-order valence-corrected chi connectivity index (χ1v) is 9.95. The van der Waals surface area contributed by atoms with Gasteiger partial charge in [0.25, 0.3) is 0 Å². The zero-order chi connectivity index (χ0) is 21.4. The number of nitrogens with zero attached hydrogens (tertiary/aromatic N) is 2. The van der Waals surface area contributed by atoms with Crippen molar-refractivity contribution in [3.05, 3.63) is 42.1 Å². The minimum Gasteiger partial charge on any atom is -0.444 e. The molecular weight excluding hydrogens is 368 g/mol. The number of benzene rings is 1. The van der Waals surface area contributed by atoms with Crippen molar-refractivity contribution in [1.82, 2.24) is 9.47 Å². The van der Waals surface area contributed by atoms with Gasteiger partial charge < -0.3 is 14.4 Å². The number of para-hydroxylation sites is 1. The van der Waals surface area contributed by atoms with Crippen molar-refractivity contribution < 1.29 is 19.1 Å². The van der Waals surface area contributed by atoms with Crippen molar-refractivity contribution in [3.8, 4) is 0 Å². The molecule has 0 saturated heterocycles. The summed E-state index contributed by atoms with van der Waals surface area (Å²) in [6.07, 6.45) is 3.94. The van der Waals surface area contributed by atoms with Crippen LogP contribution < -0.4 is 0 Å². The van der Waals surface area contributed by atoms with Crippen molar-refractivity contribution in [2.24, 2.45) is 0 Å². The standard InChI is InChI=1S/C23H30N2O4/c1-22(2,3)28-20(26)24-13-9-10-16(14-24)18-15-25(21(27)29-23(4,5)6)19-12-8-7-11-17(18)19/h7-8,10-12,15H,9,13-14H2,1-6H3. The fourth-order valence-electron chi connectivity index (χ4n) is 3.32. The monoisotopic (exact) mass is 398 g/mol. The number of hydrogen-bond acceptors (Lipinski definition) is 4. The summed E-state index contributed by atoms with van der Waals surface area (Å²) in [4.78, 5) is 27.0. The van der Waals surface area contributed by atoms with E-state index in [0.717, 1.165) is 28.5 Å². The highest BCUT2D eigenvalue weighted by Crippen LogP contribution is 2.31. The SMILES string of the molecule is CC(C)(C)OC(=O)N1CCC=C(c2cn(C(=O)OC(C)(C)C)c3ccccc23)C1. The van der Waals surface area contributed by atoms with E-state index in [2.05, 4.69) is 6.08 Å². The average molecular weight is 399 g/mol. The Kier molecular flexibility index (Phi) is 5.48. The molecule has 1 amide bonds. The Morgan fingerprint density at radius 2 is 1.55 bits per heavy atom. The summed E-state index contributed by atoms with van der Waals surface area (Å²) < 4.78 is 12.6. The van der Waals surface area contributed by atoms with Gasteiger partial charge in [-0.2, -0.15) is 0 Å². The Labute approximate surface area is 172 Å². The number of amides is 1. The van der Waals surface area contributed by atoms with Crippen LogP contribution in [0.4, 0.5) is 9.59 Å². The molecule has 1 aliphatic heterocycles. The molecule has 0 unspecified atom stereocenters. The lowest BCUT2D eigenvalue weighted by Gasteiger charge is -2.30. The van der Waals surface area contributed by atoms with Crippen molar-refractivity contribution >= 4 is 28.7 Å². The number of rotatable bonds is 1. The van der Waals surface area contributed by atoms with Crippen LogP contribution in [0.5, 0.6) is 0 Å². The third-order valence-corrected chi connectivity index (χ3v) is 4.45. The number of ether oxygens (including phenoxy) is 2. The van der Waals surface area contributed by atoms with Crippen LogP contribution in [-0.2, 0) is 9.47 Å². The first-order valence-electron chi connectivity index (χ1n) is 9.95. The van der Waals surface area contributed by atoms with Gasteiger partial charge in [0.2, 0.25) is 0 Å². The van der Waals surface area contributed by atoms with Crippen LogP contribution in [0.3, 0.4) is 0 Å². The second-order valence-corrected chi connectivity index (χ2v) is 9.33. The molecule has 0 N–H and O–H groups in total. The van der Waals surface area contributed by atoms with E-state index in [-0.39, 0.29) is 6.09 Å². The van der Waals surface area contributed by atoms with Crippen LogP contribution in [0.15, 0.2) is 36.5 Å². The van der Waals surface area contributed by atoms with E-state index in [1.165, 1.54) is 0 Å². The number of carbonyl (C=O) groups excluding carboxylic acids is 2. The van der Waals surface area contributed by atoms with Gasteiger partial charge in [0.15, 0.2) is 0 Å². The van der Waals surface area contributed by atoms with Gasteiger partial charge in [-0.25, -0.2) is 9.59 Å².